The first-order valence-electron chi connectivity index (χ1n) is 7.39. The summed E-state index contributed by atoms with van der Waals surface area (Å²) in [5.74, 6) is 2.95. The third-order valence-electron chi connectivity index (χ3n) is 3.42. The van der Waals surface area contributed by atoms with E-state index in [1.807, 2.05) is 0 Å². The molecular formula is C15H26N4. The first kappa shape index (κ1) is 14.1. The minimum Gasteiger partial charge on any atom is -0.370 e. The molecule has 1 aromatic rings. The number of piperidine rings is 1. The zero-order valence-corrected chi connectivity index (χ0v) is 12.7. The lowest BCUT2D eigenvalue weighted by molar-refractivity contribution is 0.536. The van der Waals surface area contributed by atoms with Gasteiger partial charge in [-0.05, 0) is 26.2 Å². The van der Waals surface area contributed by atoms with Gasteiger partial charge in [-0.15, -0.1) is 0 Å². The molecule has 4 nitrogen and oxygen atoms in total. The van der Waals surface area contributed by atoms with Gasteiger partial charge in [0.25, 0.3) is 0 Å². The summed E-state index contributed by atoms with van der Waals surface area (Å²) in [5, 5.41) is 3.32. The molecule has 1 aromatic heterocycles. The van der Waals surface area contributed by atoms with Crippen LogP contribution in [0.4, 0.5) is 11.6 Å². The number of hydrogen-bond acceptors (Lipinski definition) is 4. The molecule has 0 atom stereocenters. The summed E-state index contributed by atoms with van der Waals surface area (Å²) >= 11 is 0. The maximum absolute atomic E-state index is 4.79. The predicted molar refractivity (Wildman–Crippen MR) is 81.0 cm³/mol. The molecule has 1 aliphatic heterocycles. The normalized spacial score (nSPS) is 16.5. The highest BCUT2D eigenvalue weighted by Gasteiger charge is 2.21. The Morgan fingerprint density at radius 3 is 2.42 bits per heavy atom. The van der Waals surface area contributed by atoms with Crippen LogP contribution in [0.1, 0.15) is 52.8 Å². The van der Waals surface area contributed by atoms with Crippen LogP contribution in [0.2, 0.25) is 0 Å². The molecule has 0 saturated carbocycles. The molecule has 19 heavy (non-hydrogen) atoms. The van der Waals surface area contributed by atoms with E-state index < -0.39 is 0 Å². The van der Waals surface area contributed by atoms with Gasteiger partial charge in [0.05, 0.1) is 0 Å². The summed E-state index contributed by atoms with van der Waals surface area (Å²) in [6.07, 6.45) is 3.88. The summed E-state index contributed by atoms with van der Waals surface area (Å²) in [7, 11) is 0. The van der Waals surface area contributed by atoms with Crippen LogP contribution in [0.25, 0.3) is 0 Å². The molecule has 0 aromatic carbocycles. The van der Waals surface area contributed by atoms with Crippen LogP contribution in [0.15, 0.2) is 6.07 Å². The van der Waals surface area contributed by atoms with Crippen molar-refractivity contribution >= 4 is 11.6 Å². The van der Waals surface area contributed by atoms with Crippen LogP contribution in [-0.2, 0) is 5.41 Å². The highest BCUT2D eigenvalue weighted by molar-refractivity contribution is 5.50. The summed E-state index contributed by atoms with van der Waals surface area (Å²) in [6.45, 7) is 11.7. The summed E-state index contributed by atoms with van der Waals surface area (Å²) in [5.41, 5.74) is -0.0179. The van der Waals surface area contributed by atoms with Crippen LogP contribution in [0, 0.1) is 0 Å². The van der Waals surface area contributed by atoms with Crippen molar-refractivity contribution in [2.24, 2.45) is 0 Å². The van der Waals surface area contributed by atoms with Gasteiger partial charge in [0, 0.05) is 31.1 Å². The quantitative estimate of drug-likeness (QED) is 0.908. The second kappa shape index (κ2) is 5.76. The van der Waals surface area contributed by atoms with Crippen LogP contribution < -0.4 is 10.2 Å². The smallest absolute Gasteiger partial charge is 0.138 e. The molecule has 0 bridgehead atoms. The maximum atomic E-state index is 4.79. The van der Waals surface area contributed by atoms with Crippen LogP contribution in [0.3, 0.4) is 0 Å². The van der Waals surface area contributed by atoms with Gasteiger partial charge >= 0.3 is 0 Å². The Bertz CT molecular complexity index is 417. The van der Waals surface area contributed by atoms with E-state index >= 15 is 0 Å². The van der Waals surface area contributed by atoms with Gasteiger partial charge in [-0.2, -0.15) is 0 Å². The van der Waals surface area contributed by atoms with Gasteiger partial charge in [-0.25, -0.2) is 9.97 Å². The molecule has 1 N–H and O–H groups in total. The monoisotopic (exact) mass is 262 g/mol. The second-order valence-electron chi connectivity index (χ2n) is 6.26. The Labute approximate surface area is 116 Å². The third-order valence-corrected chi connectivity index (χ3v) is 3.42. The molecule has 106 valence electrons. The first-order valence-corrected chi connectivity index (χ1v) is 7.39. The van der Waals surface area contributed by atoms with E-state index in [4.69, 9.17) is 4.98 Å². The molecule has 2 heterocycles. The van der Waals surface area contributed by atoms with Crippen molar-refractivity contribution < 1.29 is 0 Å². The molecule has 1 saturated heterocycles. The van der Waals surface area contributed by atoms with Crippen molar-refractivity contribution in [3.05, 3.63) is 11.9 Å². The van der Waals surface area contributed by atoms with E-state index in [2.05, 4.69) is 49.0 Å². The Hall–Kier alpha value is -1.32. The first-order chi connectivity index (χ1) is 9.00. The van der Waals surface area contributed by atoms with Crippen molar-refractivity contribution in [2.45, 2.75) is 52.4 Å². The third kappa shape index (κ3) is 3.58. The largest absolute Gasteiger partial charge is 0.370 e. The molecule has 2 rings (SSSR count). The lowest BCUT2D eigenvalue weighted by atomic mass is 9.95. The summed E-state index contributed by atoms with van der Waals surface area (Å²) in [4.78, 5) is 11.8. The Balaban J connectivity index is 2.33. The minimum atomic E-state index is -0.0179. The van der Waals surface area contributed by atoms with Crippen molar-refractivity contribution in [3.63, 3.8) is 0 Å². The molecule has 0 aliphatic carbocycles. The topological polar surface area (TPSA) is 41.0 Å². The highest BCUT2D eigenvalue weighted by Crippen LogP contribution is 2.25. The SMILES string of the molecule is CCNc1cc(N2CCCCC2)nc(C(C)(C)C)n1. The van der Waals surface area contributed by atoms with E-state index in [9.17, 15) is 0 Å². The fourth-order valence-corrected chi connectivity index (χ4v) is 2.33. The van der Waals surface area contributed by atoms with Gasteiger partial charge in [0.1, 0.15) is 17.5 Å². The average molecular weight is 262 g/mol. The number of anilines is 2. The van der Waals surface area contributed by atoms with E-state index in [1.54, 1.807) is 0 Å². The molecule has 0 amide bonds. The summed E-state index contributed by atoms with van der Waals surface area (Å²) < 4.78 is 0. The molecule has 4 heteroatoms. The number of rotatable bonds is 3. The fraction of sp³-hybridized carbons (Fsp3) is 0.733. The van der Waals surface area contributed by atoms with Crippen molar-refractivity contribution in [1.29, 1.82) is 0 Å². The number of nitrogens with one attached hydrogen (secondary N) is 1. The lowest BCUT2D eigenvalue weighted by Crippen LogP contribution is -2.31. The Morgan fingerprint density at radius 2 is 1.84 bits per heavy atom. The average Bonchev–Trinajstić information content (AvgIpc) is 2.39. The van der Waals surface area contributed by atoms with Crippen molar-refractivity contribution in [2.75, 3.05) is 29.9 Å². The van der Waals surface area contributed by atoms with Gasteiger partial charge in [-0.1, -0.05) is 20.8 Å². The zero-order valence-electron chi connectivity index (χ0n) is 12.7. The Morgan fingerprint density at radius 1 is 1.16 bits per heavy atom. The number of hydrogen-bond donors (Lipinski definition) is 1. The van der Waals surface area contributed by atoms with Crippen LogP contribution >= 0.6 is 0 Å². The second-order valence-corrected chi connectivity index (χ2v) is 6.26. The standard InChI is InChI=1S/C15H26N4/c1-5-16-12-11-13(19-9-7-6-8-10-19)18-14(17-12)15(2,3)4/h11H,5-10H2,1-4H3,(H,16,17,18). The highest BCUT2D eigenvalue weighted by atomic mass is 15.2. The van der Waals surface area contributed by atoms with E-state index in [-0.39, 0.29) is 5.41 Å². The molecule has 0 radical (unpaired) electrons. The summed E-state index contributed by atoms with van der Waals surface area (Å²) in [6, 6.07) is 2.09. The van der Waals surface area contributed by atoms with E-state index in [0.717, 1.165) is 37.1 Å². The number of aromatic nitrogens is 2. The van der Waals surface area contributed by atoms with Crippen molar-refractivity contribution in [1.82, 2.24) is 9.97 Å². The van der Waals surface area contributed by atoms with Crippen LogP contribution in [-0.4, -0.2) is 29.6 Å². The fourth-order valence-electron chi connectivity index (χ4n) is 2.33. The van der Waals surface area contributed by atoms with E-state index in [0.29, 0.717) is 0 Å². The lowest BCUT2D eigenvalue weighted by Gasteiger charge is -2.29. The molecule has 1 aliphatic rings. The predicted octanol–water partition coefficient (Wildman–Crippen LogP) is 3.20. The van der Waals surface area contributed by atoms with Crippen LogP contribution in [0.5, 0.6) is 0 Å². The van der Waals surface area contributed by atoms with E-state index in [1.165, 1.54) is 19.3 Å². The molecule has 0 unspecified atom stereocenters. The molecule has 0 spiro atoms. The number of nitrogens with zero attached hydrogens (tertiary/aromatic N) is 3. The maximum Gasteiger partial charge on any atom is 0.138 e. The van der Waals surface area contributed by atoms with Gasteiger partial charge in [0.15, 0.2) is 0 Å². The molecular weight excluding hydrogens is 236 g/mol. The van der Waals surface area contributed by atoms with Gasteiger partial charge in [-0.3, -0.25) is 0 Å². The Kier molecular flexibility index (Phi) is 4.27. The van der Waals surface area contributed by atoms with Crippen molar-refractivity contribution in [3.8, 4) is 0 Å². The van der Waals surface area contributed by atoms with Gasteiger partial charge < -0.3 is 10.2 Å². The minimum absolute atomic E-state index is 0.0179. The van der Waals surface area contributed by atoms with Gasteiger partial charge in [0.2, 0.25) is 0 Å². The molecule has 1 fully saturated rings. The zero-order chi connectivity index (χ0) is 13.9.